The van der Waals surface area contributed by atoms with E-state index in [1.807, 2.05) is 56.3 Å². The zero-order chi connectivity index (χ0) is 20.3. The lowest BCUT2D eigenvalue weighted by atomic mass is 10.0. The zero-order valence-electron chi connectivity index (χ0n) is 15.2. The number of hydrazine groups is 1. The van der Waals surface area contributed by atoms with Crippen molar-refractivity contribution in [1.29, 1.82) is 0 Å². The molecule has 0 unspecified atom stereocenters. The van der Waals surface area contributed by atoms with Crippen molar-refractivity contribution in [2.24, 2.45) is 0 Å². The maximum Gasteiger partial charge on any atom is 0.281 e. The van der Waals surface area contributed by atoms with Crippen LogP contribution in [0.15, 0.2) is 46.9 Å². The second-order valence-corrected chi connectivity index (χ2v) is 8.71. The molecule has 146 valence electrons. The molecule has 0 atom stereocenters. The highest BCUT2D eigenvalue weighted by Gasteiger charge is 2.17. The molecule has 2 amide bonds. The lowest BCUT2D eigenvalue weighted by molar-refractivity contribution is -0.123. The van der Waals surface area contributed by atoms with Gasteiger partial charge in [0, 0.05) is 14.6 Å². The number of rotatable bonds is 5. The van der Waals surface area contributed by atoms with E-state index in [-0.39, 0.29) is 12.5 Å². The van der Waals surface area contributed by atoms with Gasteiger partial charge in [0.2, 0.25) is 0 Å². The molecule has 1 heterocycles. The summed E-state index contributed by atoms with van der Waals surface area (Å²) in [6.45, 7) is 3.87. The minimum absolute atomic E-state index is 0.220. The van der Waals surface area contributed by atoms with Gasteiger partial charge in [0.05, 0.1) is 5.02 Å². The van der Waals surface area contributed by atoms with Crippen molar-refractivity contribution in [3.05, 3.63) is 62.4 Å². The van der Waals surface area contributed by atoms with Gasteiger partial charge in [-0.3, -0.25) is 20.4 Å². The molecule has 0 saturated heterocycles. The molecule has 0 aliphatic carbocycles. The van der Waals surface area contributed by atoms with E-state index < -0.39 is 11.8 Å². The molecule has 8 heteroatoms. The topological polar surface area (TPSA) is 67.4 Å². The van der Waals surface area contributed by atoms with Gasteiger partial charge in [0.15, 0.2) is 6.61 Å². The van der Waals surface area contributed by atoms with Crippen LogP contribution in [-0.4, -0.2) is 18.4 Å². The molecular formula is C20H18BrClN2O3S. The molecule has 0 aliphatic rings. The predicted octanol–water partition coefficient (Wildman–Crippen LogP) is 5.28. The quantitative estimate of drug-likeness (QED) is 0.487. The van der Waals surface area contributed by atoms with Crippen molar-refractivity contribution < 1.29 is 14.3 Å². The van der Waals surface area contributed by atoms with Gasteiger partial charge < -0.3 is 4.74 Å². The molecule has 0 radical (unpaired) electrons. The Balaban J connectivity index is 1.58. The van der Waals surface area contributed by atoms with E-state index in [1.165, 1.54) is 11.3 Å². The molecule has 0 spiro atoms. The molecule has 3 rings (SSSR count). The van der Waals surface area contributed by atoms with Crippen molar-refractivity contribution in [1.82, 2.24) is 10.9 Å². The molecule has 3 aromatic rings. The molecule has 0 bridgehead atoms. The Morgan fingerprint density at radius 2 is 1.93 bits per heavy atom. The van der Waals surface area contributed by atoms with Gasteiger partial charge >= 0.3 is 0 Å². The normalized spacial score (nSPS) is 10.9. The summed E-state index contributed by atoms with van der Waals surface area (Å²) >= 11 is 11.0. The SMILES string of the molecule is CC(C)c1cc(Br)ccc1OCC(=O)NNC(=O)c1sc2ccccc2c1Cl. The first-order valence-electron chi connectivity index (χ1n) is 8.55. The van der Waals surface area contributed by atoms with Crippen molar-refractivity contribution >= 4 is 60.8 Å². The van der Waals surface area contributed by atoms with E-state index in [0.29, 0.717) is 15.6 Å². The lowest BCUT2D eigenvalue weighted by Gasteiger charge is -2.14. The second-order valence-electron chi connectivity index (χ2n) is 6.37. The summed E-state index contributed by atoms with van der Waals surface area (Å²) in [6.07, 6.45) is 0. The molecule has 0 fully saturated rings. The number of benzene rings is 2. The summed E-state index contributed by atoms with van der Waals surface area (Å²) in [5, 5.41) is 1.19. The molecule has 2 N–H and O–H groups in total. The van der Waals surface area contributed by atoms with Crippen molar-refractivity contribution in [2.45, 2.75) is 19.8 Å². The summed E-state index contributed by atoms with van der Waals surface area (Å²) in [6, 6.07) is 13.1. The maximum absolute atomic E-state index is 12.3. The molecule has 1 aromatic heterocycles. The third-order valence-corrected chi connectivity index (χ3v) is 6.18. The van der Waals surface area contributed by atoms with Crippen molar-refractivity contribution in [3.63, 3.8) is 0 Å². The molecule has 0 saturated carbocycles. The summed E-state index contributed by atoms with van der Waals surface area (Å²) in [4.78, 5) is 24.8. The Hall–Kier alpha value is -2.09. The van der Waals surface area contributed by atoms with Crippen LogP contribution >= 0.6 is 38.9 Å². The van der Waals surface area contributed by atoms with Gasteiger partial charge in [-0.15, -0.1) is 11.3 Å². The van der Waals surface area contributed by atoms with Crippen LogP contribution in [0.25, 0.3) is 10.1 Å². The van der Waals surface area contributed by atoms with Gasteiger partial charge in [-0.25, -0.2) is 0 Å². The third kappa shape index (κ3) is 4.66. The summed E-state index contributed by atoms with van der Waals surface area (Å²) in [5.41, 5.74) is 5.73. The standard InChI is InChI=1S/C20H18BrClN2O3S/c1-11(2)14-9-12(21)7-8-15(14)27-10-17(25)23-24-20(26)19-18(22)13-5-3-4-6-16(13)28-19/h3-9,11H,10H2,1-2H3,(H,23,25)(H,24,26). The van der Waals surface area contributed by atoms with E-state index in [9.17, 15) is 9.59 Å². The fourth-order valence-corrected chi connectivity index (χ4v) is 4.42. The Kier molecular flexibility index (Phi) is 6.59. The molecule has 0 aliphatic heterocycles. The number of ether oxygens (including phenoxy) is 1. The number of fused-ring (bicyclic) bond motifs is 1. The average Bonchev–Trinajstić information content (AvgIpc) is 3.02. The second kappa shape index (κ2) is 8.94. The van der Waals surface area contributed by atoms with Gasteiger partial charge in [-0.2, -0.15) is 0 Å². The number of nitrogens with one attached hydrogen (secondary N) is 2. The Morgan fingerprint density at radius 1 is 1.18 bits per heavy atom. The number of carbonyl (C=O) groups excluding carboxylic acids is 2. The van der Waals surface area contributed by atoms with Crippen molar-refractivity contribution in [3.8, 4) is 5.75 Å². The minimum Gasteiger partial charge on any atom is -0.483 e. The monoisotopic (exact) mass is 480 g/mol. The van der Waals surface area contributed by atoms with Crippen LogP contribution in [-0.2, 0) is 4.79 Å². The zero-order valence-corrected chi connectivity index (χ0v) is 18.4. The van der Waals surface area contributed by atoms with Gasteiger partial charge in [-0.05, 0) is 35.7 Å². The van der Waals surface area contributed by atoms with E-state index in [4.69, 9.17) is 16.3 Å². The lowest BCUT2D eigenvalue weighted by Crippen LogP contribution is -2.43. The van der Waals surface area contributed by atoms with Gasteiger partial charge in [0.1, 0.15) is 10.6 Å². The van der Waals surface area contributed by atoms with Gasteiger partial charge in [0.25, 0.3) is 11.8 Å². The number of amides is 2. The van der Waals surface area contributed by atoms with E-state index in [2.05, 4.69) is 26.8 Å². The van der Waals surface area contributed by atoms with E-state index >= 15 is 0 Å². The highest BCUT2D eigenvalue weighted by Crippen LogP contribution is 2.35. The fourth-order valence-electron chi connectivity index (χ4n) is 2.62. The number of thiophene rings is 1. The molecule has 28 heavy (non-hydrogen) atoms. The minimum atomic E-state index is -0.469. The van der Waals surface area contributed by atoms with Crippen LogP contribution in [0.2, 0.25) is 5.02 Å². The van der Waals surface area contributed by atoms with Crippen LogP contribution in [0, 0.1) is 0 Å². The first-order chi connectivity index (χ1) is 13.4. The van der Waals surface area contributed by atoms with Crippen LogP contribution < -0.4 is 15.6 Å². The highest BCUT2D eigenvalue weighted by molar-refractivity contribution is 9.10. The summed E-state index contributed by atoms with van der Waals surface area (Å²) in [7, 11) is 0. The van der Waals surface area contributed by atoms with Crippen LogP contribution in [0.1, 0.15) is 35.0 Å². The maximum atomic E-state index is 12.3. The molecule has 2 aromatic carbocycles. The number of halogens is 2. The largest absolute Gasteiger partial charge is 0.483 e. The van der Waals surface area contributed by atoms with Crippen molar-refractivity contribution in [2.75, 3.05) is 6.61 Å². The number of hydrogen-bond donors (Lipinski definition) is 2. The van der Waals surface area contributed by atoms with Gasteiger partial charge in [-0.1, -0.05) is 59.6 Å². The average molecular weight is 482 g/mol. The van der Waals surface area contributed by atoms with E-state index in [0.717, 1.165) is 20.1 Å². The van der Waals surface area contributed by atoms with Crippen LogP contribution in [0.3, 0.4) is 0 Å². The summed E-state index contributed by atoms with van der Waals surface area (Å²) < 4.78 is 7.47. The summed E-state index contributed by atoms with van der Waals surface area (Å²) in [5.74, 6) is -0.0631. The predicted molar refractivity (Wildman–Crippen MR) is 116 cm³/mol. The Bertz CT molecular complexity index is 1040. The van der Waals surface area contributed by atoms with E-state index in [1.54, 1.807) is 0 Å². The molecule has 5 nitrogen and oxygen atoms in total. The fraction of sp³-hybridized carbons (Fsp3) is 0.200. The van der Waals surface area contributed by atoms with Crippen LogP contribution in [0.4, 0.5) is 0 Å². The Labute approximate surface area is 180 Å². The highest BCUT2D eigenvalue weighted by atomic mass is 79.9. The third-order valence-electron chi connectivity index (χ3n) is 4.01. The smallest absolute Gasteiger partial charge is 0.281 e. The van der Waals surface area contributed by atoms with Crippen LogP contribution in [0.5, 0.6) is 5.75 Å². The first-order valence-corrected chi connectivity index (χ1v) is 10.5. The first kappa shape index (κ1) is 20.6. The number of carbonyl (C=O) groups is 2. The Morgan fingerprint density at radius 3 is 2.64 bits per heavy atom. The molecular weight excluding hydrogens is 464 g/mol. The number of hydrogen-bond acceptors (Lipinski definition) is 4.